The first kappa shape index (κ1) is 15.3. The zero-order valence-corrected chi connectivity index (χ0v) is 13.4. The Bertz CT molecular complexity index is 281. The van der Waals surface area contributed by atoms with E-state index in [1.54, 1.807) is 0 Å². The van der Waals surface area contributed by atoms with Gasteiger partial charge in [-0.3, -0.25) is 4.90 Å². The lowest BCUT2D eigenvalue weighted by Gasteiger charge is -2.49. The van der Waals surface area contributed by atoms with Crippen LogP contribution in [0.1, 0.15) is 66.2 Å². The fourth-order valence-corrected chi connectivity index (χ4v) is 4.06. The molecule has 2 fully saturated rings. The van der Waals surface area contributed by atoms with E-state index in [2.05, 4.69) is 32.6 Å². The van der Waals surface area contributed by atoms with Crippen LogP contribution in [0.5, 0.6) is 0 Å². The number of hydrogen-bond acceptors (Lipinski definition) is 2. The molecule has 19 heavy (non-hydrogen) atoms. The van der Waals surface area contributed by atoms with E-state index in [1.165, 1.54) is 38.8 Å². The smallest absolute Gasteiger partial charge is 0.0555 e. The molecule has 0 aromatic carbocycles. The fraction of sp³-hybridized carbons (Fsp3) is 1.00. The first-order valence-corrected chi connectivity index (χ1v) is 8.36. The predicted molar refractivity (Wildman–Crippen MR) is 81.2 cm³/mol. The van der Waals surface area contributed by atoms with Gasteiger partial charge in [0.1, 0.15) is 0 Å². The van der Waals surface area contributed by atoms with Crippen LogP contribution in [0.4, 0.5) is 0 Å². The Labute approximate surface area is 119 Å². The predicted octanol–water partition coefficient (Wildman–Crippen LogP) is 3.68. The van der Waals surface area contributed by atoms with Crippen LogP contribution in [0, 0.1) is 17.3 Å². The molecule has 2 aliphatic rings. The first-order valence-electron chi connectivity index (χ1n) is 8.36. The van der Waals surface area contributed by atoms with Gasteiger partial charge in [-0.05, 0) is 62.4 Å². The van der Waals surface area contributed by atoms with E-state index in [1.807, 2.05) is 0 Å². The summed E-state index contributed by atoms with van der Waals surface area (Å²) in [6, 6.07) is 0.617. The van der Waals surface area contributed by atoms with Gasteiger partial charge in [0.2, 0.25) is 0 Å². The minimum Gasteiger partial charge on any atom is -0.393 e. The van der Waals surface area contributed by atoms with E-state index in [9.17, 15) is 5.11 Å². The molecular formula is C17H33NO. The summed E-state index contributed by atoms with van der Waals surface area (Å²) >= 11 is 0. The summed E-state index contributed by atoms with van der Waals surface area (Å²) in [5.41, 5.74) is 0.411. The number of rotatable bonds is 3. The third-order valence-electron chi connectivity index (χ3n) is 5.99. The summed E-state index contributed by atoms with van der Waals surface area (Å²) in [7, 11) is 0. The Kier molecular flexibility index (Phi) is 4.94. The molecule has 3 unspecified atom stereocenters. The van der Waals surface area contributed by atoms with E-state index < -0.39 is 0 Å². The number of nitrogens with zero attached hydrogens (tertiary/aromatic N) is 1. The fourth-order valence-electron chi connectivity index (χ4n) is 4.06. The molecule has 0 spiro atoms. The van der Waals surface area contributed by atoms with E-state index in [4.69, 9.17) is 0 Å². The van der Waals surface area contributed by atoms with Crippen molar-refractivity contribution in [2.24, 2.45) is 17.3 Å². The van der Waals surface area contributed by atoms with Gasteiger partial charge in [-0.1, -0.05) is 34.1 Å². The van der Waals surface area contributed by atoms with E-state index in [-0.39, 0.29) is 6.10 Å². The summed E-state index contributed by atoms with van der Waals surface area (Å²) < 4.78 is 0. The largest absolute Gasteiger partial charge is 0.393 e. The van der Waals surface area contributed by atoms with Crippen molar-refractivity contribution in [3.8, 4) is 0 Å². The average molecular weight is 267 g/mol. The highest BCUT2D eigenvalue weighted by atomic mass is 16.3. The summed E-state index contributed by atoms with van der Waals surface area (Å²) in [4.78, 5) is 2.70. The van der Waals surface area contributed by atoms with Gasteiger partial charge in [0, 0.05) is 6.04 Å². The SMILES string of the molecule is CCC(C)(C)C1CCC(O)CC1N1CCC(C)CC1. The summed E-state index contributed by atoms with van der Waals surface area (Å²) in [6.07, 6.45) is 7.08. The Morgan fingerprint density at radius 1 is 1.11 bits per heavy atom. The minimum atomic E-state index is -0.0618. The van der Waals surface area contributed by atoms with Crippen molar-refractivity contribution in [3.05, 3.63) is 0 Å². The molecule has 112 valence electrons. The number of piperidine rings is 1. The second kappa shape index (κ2) is 6.13. The highest BCUT2D eigenvalue weighted by Crippen LogP contribution is 2.43. The lowest BCUT2D eigenvalue weighted by Crippen LogP contribution is -2.52. The van der Waals surface area contributed by atoms with Gasteiger partial charge in [-0.15, -0.1) is 0 Å². The van der Waals surface area contributed by atoms with Gasteiger partial charge in [-0.2, -0.15) is 0 Å². The second-order valence-corrected chi connectivity index (χ2v) is 7.70. The molecule has 2 rings (SSSR count). The Morgan fingerprint density at radius 3 is 2.32 bits per heavy atom. The van der Waals surface area contributed by atoms with Crippen LogP contribution >= 0.6 is 0 Å². The molecule has 0 radical (unpaired) electrons. The third kappa shape index (κ3) is 3.52. The van der Waals surface area contributed by atoms with Crippen molar-refractivity contribution in [1.82, 2.24) is 4.90 Å². The molecule has 0 amide bonds. The maximum Gasteiger partial charge on any atom is 0.0555 e. The molecule has 0 aromatic heterocycles. The highest BCUT2D eigenvalue weighted by Gasteiger charge is 2.41. The third-order valence-corrected chi connectivity index (χ3v) is 5.99. The number of hydrogen-bond donors (Lipinski definition) is 1. The van der Waals surface area contributed by atoms with Crippen molar-refractivity contribution in [3.63, 3.8) is 0 Å². The molecule has 2 heteroatoms. The van der Waals surface area contributed by atoms with Crippen molar-refractivity contribution in [2.75, 3.05) is 13.1 Å². The zero-order valence-electron chi connectivity index (χ0n) is 13.4. The zero-order chi connectivity index (χ0) is 14.0. The molecule has 1 saturated heterocycles. The first-order chi connectivity index (χ1) is 8.94. The van der Waals surface area contributed by atoms with Crippen LogP contribution in [0.2, 0.25) is 0 Å². The Hall–Kier alpha value is -0.0800. The maximum absolute atomic E-state index is 10.1. The molecule has 2 nitrogen and oxygen atoms in total. The van der Waals surface area contributed by atoms with Crippen LogP contribution in [0.3, 0.4) is 0 Å². The van der Waals surface area contributed by atoms with E-state index in [0.29, 0.717) is 11.5 Å². The number of aliphatic hydroxyl groups excluding tert-OH is 1. The number of aliphatic hydroxyl groups is 1. The Balaban J connectivity index is 2.08. The van der Waals surface area contributed by atoms with Gasteiger partial charge in [0.05, 0.1) is 6.10 Å². The molecule has 1 heterocycles. The maximum atomic E-state index is 10.1. The van der Waals surface area contributed by atoms with Crippen LogP contribution in [0.15, 0.2) is 0 Å². The molecule has 0 bridgehead atoms. The van der Waals surface area contributed by atoms with Crippen LogP contribution in [0.25, 0.3) is 0 Å². The molecule has 1 aliphatic heterocycles. The van der Waals surface area contributed by atoms with Crippen molar-refractivity contribution in [2.45, 2.75) is 78.4 Å². The van der Waals surface area contributed by atoms with E-state index in [0.717, 1.165) is 24.7 Å². The molecule has 1 aliphatic carbocycles. The van der Waals surface area contributed by atoms with Gasteiger partial charge in [0.15, 0.2) is 0 Å². The normalized spacial score (nSPS) is 35.5. The Morgan fingerprint density at radius 2 is 1.74 bits per heavy atom. The topological polar surface area (TPSA) is 23.5 Å². The van der Waals surface area contributed by atoms with Crippen LogP contribution < -0.4 is 0 Å². The standard InChI is InChI=1S/C17H33NO/c1-5-17(3,4)15-7-6-14(19)12-16(15)18-10-8-13(2)9-11-18/h13-16,19H,5-12H2,1-4H3. The van der Waals surface area contributed by atoms with Crippen molar-refractivity contribution >= 4 is 0 Å². The monoisotopic (exact) mass is 267 g/mol. The van der Waals surface area contributed by atoms with Crippen LogP contribution in [-0.2, 0) is 0 Å². The van der Waals surface area contributed by atoms with Gasteiger partial charge in [-0.25, -0.2) is 0 Å². The minimum absolute atomic E-state index is 0.0618. The molecule has 0 aromatic rings. The highest BCUT2D eigenvalue weighted by molar-refractivity contribution is 4.94. The summed E-state index contributed by atoms with van der Waals surface area (Å²) in [6.45, 7) is 12.0. The lowest BCUT2D eigenvalue weighted by molar-refractivity contribution is -0.0282. The van der Waals surface area contributed by atoms with Crippen molar-refractivity contribution in [1.29, 1.82) is 0 Å². The second-order valence-electron chi connectivity index (χ2n) is 7.70. The van der Waals surface area contributed by atoms with Gasteiger partial charge < -0.3 is 5.11 Å². The van der Waals surface area contributed by atoms with Crippen LogP contribution in [-0.4, -0.2) is 35.2 Å². The van der Waals surface area contributed by atoms with Gasteiger partial charge in [0.25, 0.3) is 0 Å². The quantitative estimate of drug-likeness (QED) is 0.843. The van der Waals surface area contributed by atoms with Gasteiger partial charge >= 0.3 is 0 Å². The molecule has 1 saturated carbocycles. The molecule has 1 N–H and O–H groups in total. The summed E-state index contributed by atoms with van der Waals surface area (Å²) in [5, 5.41) is 10.1. The van der Waals surface area contributed by atoms with E-state index >= 15 is 0 Å². The summed E-state index contributed by atoms with van der Waals surface area (Å²) in [5.74, 6) is 1.65. The molecule has 3 atom stereocenters. The lowest BCUT2D eigenvalue weighted by atomic mass is 9.66. The number of likely N-dealkylation sites (tertiary alicyclic amines) is 1. The average Bonchev–Trinajstić information content (AvgIpc) is 2.39. The molecular weight excluding hydrogens is 234 g/mol. The van der Waals surface area contributed by atoms with Crippen molar-refractivity contribution < 1.29 is 5.11 Å².